The zero-order chi connectivity index (χ0) is 9.14. The first-order chi connectivity index (χ1) is 5.66. The maximum atomic E-state index is 13.0. The van der Waals surface area contributed by atoms with E-state index in [4.69, 9.17) is 0 Å². The van der Waals surface area contributed by atoms with Gasteiger partial charge in [0.1, 0.15) is 11.6 Å². The summed E-state index contributed by atoms with van der Waals surface area (Å²) < 4.78 is 13.0. The van der Waals surface area contributed by atoms with Crippen LogP contribution in [0, 0.1) is 12.7 Å². The lowest BCUT2D eigenvalue weighted by molar-refractivity contribution is 0.451. The average Bonchev–Trinajstić information content (AvgIpc) is 2.06. The van der Waals surface area contributed by atoms with Crippen molar-refractivity contribution in [2.75, 3.05) is 7.05 Å². The van der Waals surface area contributed by atoms with Gasteiger partial charge in [0.05, 0.1) is 0 Å². The Morgan fingerprint density at radius 3 is 2.75 bits per heavy atom. The molecule has 0 bridgehead atoms. The summed E-state index contributed by atoms with van der Waals surface area (Å²) in [5, 5.41) is 12.2. The molecule has 12 heavy (non-hydrogen) atoms. The zero-order valence-corrected chi connectivity index (χ0v) is 7.19. The molecule has 0 fully saturated rings. The van der Waals surface area contributed by atoms with Crippen LogP contribution in [0.15, 0.2) is 12.1 Å². The summed E-state index contributed by atoms with van der Waals surface area (Å²) in [6.45, 7) is 2.09. The molecule has 0 spiro atoms. The number of phenolic OH excluding ortho intramolecular Hbond substituents is 1. The van der Waals surface area contributed by atoms with E-state index in [1.54, 1.807) is 20.0 Å². The first-order valence-electron chi connectivity index (χ1n) is 3.78. The fourth-order valence-electron chi connectivity index (χ4n) is 1.07. The van der Waals surface area contributed by atoms with E-state index in [1.165, 1.54) is 6.07 Å². The molecule has 1 aromatic carbocycles. The molecule has 2 N–H and O–H groups in total. The number of halogens is 1. The quantitative estimate of drug-likeness (QED) is 0.704. The average molecular weight is 169 g/mol. The lowest BCUT2D eigenvalue weighted by Crippen LogP contribution is -2.07. The van der Waals surface area contributed by atoms with Crippen molar-refractivity contribution in [3.63, 3.8) is 0 Å². The fraction of sp³-hybridized carbons (Fsp3) is 0.333. The molecule has 0 saturated carbocycles. The lowest BCUT2D eigenvalue weighted by atomic mass is 10.1. The second kappa shape index (κ2) is 3.54. The number of phenols is 1. The van der Waals surface area contributed by atoms with Gasteiger partial charge in [-0.05, 0) is 25.6 Å². The zero-order valence-electron chi connectivity index (χ0n) is 7.19. The van der Waals surface area contributed by atoms with E-state index in [9.17, 15) is 9.50 Å². The van der Waals surface area contributed by atoms with Crippen molar-refractivity contribution in [1.82, 2.24) is 5.32 Å². The van der Waals surface area contributed by atoms with Crippen molar-refractivity contribution in [2.45, 2.75) is 13.5 Å². The molecular weight excluding hydrogens is 157 g/mol. The Morgan fingerprint density at radius 2 is 2.17 bits per heavy atom. The van der Waals surface area contributed by atoms with Crippen molar-refractivity contribution in [1.29, 1.82) is 0 Å². The Balaban J connectivity index is 3.14. The molecule has 0 aliphatic rings. The topological polar surface area (TPSA) is 32.3 Å². The number of benzene rings is 1. The molecule has 0 saturated heterocycles. The molecule has 0 amide bonds. The SMILES string of the molecule is CNCc1c(F)ccc(C)c1O. The van der Waals surface area contributed by atoms with Gasteiger partial charge in [-0.2, -0.15) is 0 Å². The van der Waals surface area contributed by atoms with Crippen LogP contribution in [0.25, 0.3) is 0 Å². The predicted molar refractivity (Wildman–Crippen MR) is 45.6 cm³/mol. The summed E-state index contributed by atoms with van der Waals surface area (Å²) >= 11 is 0. The molecule has 1 rings (SSSR count). The largest absolute Gasteiger partial charge is 0.507 e. The van der Waals surface area contributed by atoms with E-state index in [1.807, 2.05) is 0 Å². The maximum absolute atomic E-state index is 13.0. The number of aryl methyl sites for hydroxylation is 1. The molecule has 0 radical (unpaired) electrons. The Hall–Kier alpha value is -1.09. The van der Waals surface area contributed by atoms with E-state index in [0.29, 0.717) is 17.7 Å². The molecule has 0 aliphatic heterocycles. The summed E-state index contributed by atoms with van der Waals surface area (Å²) in [5.41, 5.74) is 1.03. The molecule has 0 aromatic heterocycles. The van der Waals surface area contributed by atoms with Crippen molar-refractivity contribution >= 4 is 0 Å². The normalized spacial score (nSPS) is 10.2. The fourth-order valence-corrected chi connectivity index (χ4v) is 1.07. The van der Waals surface area contributed by atoms with Gasteiger partial charge < -0.3 is 10.4 Å². The lowest BCUT2D eigenvalue weighted by Gasteiger charge is -2.07. The number of hydrogen-bond acceptors (Lipinski definition) is 2. The van der Waals surface area contributed by atoms with E-state index in [-0.39, 0.29) is 11.6 Å². The van der Waals surface area contributed by atoms with Gasteiger partial charge in [0, 0.05) is 12.1 Å². The van der Waals surface area contributed by atoms with Gasteiger partial charge >= 0.3 is 0 Å². The molecule has 1 aromatic rings. The highest BCUT2D eigenvalue weighted by Crippen LogP contribution is 2.23. The van der Waals surface area contributed by atoms with Crippen LogP contribution in [-0.4, -0.2) is 12.2 Å². The van der Waals surface area contributed by atoms with Gasteiger partial charge in [-0.15, -0.1) is 0 Å². The monoisotopic (exact) mass is 169 g/mol. The van der Waals surface area contributed by atoms with Crippen LogP contribution in [0.1, 0.15) is 11.1 Å². The smallest absolute Gasteiger partial charge is 0.131 e. The highest BCUT2D eigenvalue weighted by Gasteiger charge is 2.08. The molecule has 66 valence electrons. The van der Waals surface area contributed by atoms with Crippen LogP contribution in [-0.2, 0) is 6.54 Å². The second-order valence-electron chi connectivity index (χ2n) is 2.72. The third-order valence-corrected chi connectivity index (χ3v) is 1.78. The third-order valence-electron chi connectivity index (χ3n) is 1.78. The summed E-state index contributed by atoms with van der Waals surface area (Å²) in [4.78, 5) is 0. The van der Waals surface area contributed by atoms with Crippen molar-refractivity contribution in [2.24, 2.45) is 0 Å². The molecule has 0 aliphatic carbocycles. The third kappa shape index (κ3) is 1.56. The van der Waals surface area contributed by atoms with Crippen LogP contribution in [0.5, 0.6) is 5.75 Å². The minimum absolute atomic E-state index is 0.0457. The van der Waals surface area contributed by atoms with Gasteiger partial charge in [0.25, 0.3) is 0 Å². The van der Waals surface area contributed by atoms with Crippen molar-refractivity contribution in [3.05, 3.63) is 29.1 Å². The highest BCUT2D eigenvalue weighted by atomic mass is 19.1. The molecule has 0 unspecified atom stereocenters. The number of nitrogens with one attached hydrogen (secondary N) is 1. The minimum Gasteiger partial charge on any atom is -0.507 e. The van der Waals surface area contributed by atoms with Crippen LogP contribution in [0.3, 0.4) is 0 Å². The van der Waals surface area contributed by atoms with Crippen LogP contribution >= 0.6 is 0 Å². The second-order valence-corrected chi connectivity index (χ2v) is 2.72. The molecule has 0 atom stereocenters. The Kier molecular flexibility index (Phi) is 2.65. The van der Waals surface area contributed by atoms with Gasteiger partial charge in [-0.25, -0.2) is 4.39 Å². The van der Waals surface area contributed by atoms with Crippen LogP contribution in [0.2, 0.25) is 0 Å². The maximum Gasteiger partial charge on any atom is 0.131 e. The molecule has 2 nitrogen and oxygen atoms in total. The van der Waals surface area contributed by atoms with Crippen molar-refractivity contribution < 1.29 is 9.50 Å². The van der Waals surface area contributed by atoms with Gasteiger partial charge in [-0.3, -0.25) is 0 Å². The van der Waals surface area contributed by atoms with Gasteiger partial charge in [0.15, 0.2) is 0 Å². The molecular formula is C9H12FNO. The van der Waals surface area contributed by atoms with Gasteiger partial charge in [-0.1, -0.05) is 6.07 Å². The number of rotatable bonds is 2. The first-order valence-corrected chi connectivity index (χ1v) is 3.78. The molecule has 3 heteroatoms. The summed E-state index contributed by atoms with van der Waals surface area (Å²) in [5.74, 6) is -0.322. The van der Waals surface area contributed by atoms with Crippen molar-refractivity contribution in [3.8, 4) is 5.75 Å². The first kappa shape index (κ1) is 9.00. The predicted octanol–water partition coefficient (Wildman–Crippen LogP) is 1.56. The summed E-state index contributed by atoms with van der Waals surface area (Å²) in [7, 11) is 1.71. The molecule has 0 heterocycles. The van der Waals surface area contributed by atoms with Gasteiger partial charge in [0.2, 0.25) is 0 Å². The standard InChI is InChI=1S/C9H12FNO/c1-6-3-4-8(10)7(5-11-2)9(6)12/h3-4,11-12H,5H2,1-2H3. The Bertz CT molecular complexity index is 286. The van der Waals surface area contributed by atoms with E-state index in [2.05, 4.69) is 5.32 Å². The highest BCUT2D eigenvalue weighted by molar-refractivity contribution is 5.40. The van der Waals surface area contributed by atoms with E-state index < -0.39 is 0 Å². The van der Waals surface area contributed by atoms with E-state index >= 15 is 0 Å². The Morgan fingerprint density at radius 1 is 1.50 bits per heavy atom. The summed E-state index contributed by atoms with van der Waals surface area (Å²) in [6.07, 6.45) is 0. The summed E-state index contributed by atoms with van der Waals surface area (Å²) in [6, 6.07) is 2.92. The Labute approximate surface area is 71.0 Å². The van der Waals surface area contributed by atoms with E-state index in [0.717, 1.165) is 0 Å². The minimum atomic E-state index is -0.368. The van der Waals surface area contributed by atoms with Crippen LogP contribution in [0.4, 0.5) is 4.39 Å². The van der Waals surface area contributed by atoms with Crippen LogP contribution < -0.4 is 5.32 Å². The number of aromatic hydroxyl groups is 1. The number of hydrogen-bond donors (Lipinski definition) is 2.